The molecule has 0 atom stereocenters. The van der Waals surface area contributed by atoms with Gasteiger partial charge >= 0.3 is 0 Å². The van der Waals surface area contributed by atoms with E-state index in [2.05, 4.69) is 28.8 Å². The van der Waals surface area contributed by atoms with Crippen LogP contribution in [0.1, 0.15) is 43.2 Å². The number of hydrogen-bond donors (Lipinski definition) is 2. The van der Waals surface area contributed by atoms with Gasteiger partial charge in [0.15, 0.2) is 0 Å². The van der Waals surface area contributed by atoms with Gasteiger partial charge in [-0.15, -0.1) is 0 Å². The smallest absolute Gasteiger partial charge is 0.0373 e. The van der Waals surface area contributed by atoms with Gasteiger partial charge in [0.2, 0.25) is 0 Å². The highest BCUT2D eigenvalue weighted by Gasteiger charge is 2.13. The maximum absolute atomic E-state index is 3.69. The fourth-order valence-corrected chi connectivity index (χ4v) is 3.24. The maximum Gasteiger partial charge on any atom is 0.0373 e. The van der Waals surface area contributed by atoms with Crippen LogP contribution in [-0.4, -0.2) is 19.1 Å². The summed E-state index contributed by atoms with van der Waals surface area (Å²) in [6, 6.07) is 7.74. The Morgan fingerprint density at radius 1 is 1.22 bits per heavy atom. The molecule has 1 aromatic carbocycles. The fraction of sp³-hybridized carbons (Fsp3) is 0.625. The first-order chi connectivity index (χ1) is 8.92. The van der Waals surface area contributed by atoms with Gasteiger partial charge in [0.1, 0.15) is 0 Å². The molecule has 0 amide bonds. The Kier molecular flexibility index (Phi) is 3.84. The summed E-state index contributed by atoms with van der Waals surface area (Å²) in [5.41, 5.74) is 4.37. The Hall–Kier alpha value is -1.02. The number of aryl methyl sites for hydroxylation is 1. The van der Waals surface area contributed by atoms with Crippen molar-refractivity contribution < 1.29 is 0 Å². The Bertz CT molecular complexity index is 394. The lowest BCUT2D eigenvalue weighted by Crippen LogP contribution is -2.27. The highest BCUT2D eigenvalue weighted by molar-refractivity contribution is 5.56. The highest BCUT2D eigenvalue weighted by atomic mass is 14.9. The van der Waals surface area contributed by atoms with Crippen molar-refractivity contribution in [1.29, 1.82) is 0 Å². The normalized spacial score (nSPS) is 18.9. The molecule has 0 saturated heterocycles. The van der Waals surface area contributed by atoms with Crippen LogP contribution in [0.5, 0.6) is 0 Å². The summed E-state index contributed by atoms with van der Waals surface area (Å²) in [5, 5.41) is 7.11. The first-order valence-corrected chi connectivity index (χ1v) is 7.51. The lowest BCUT2D eigenvalue weighted by atomic mass is 10.0. The van der Waals surface area contributed by atoms with E-state index in [1.54, 1.807) is 0 Å². The molecular formula is C16H24N2. The summed E-state index contributed by atoms with van der Waals surface area (Å²) in [5.74, 6) is 0. The van der Waals surface area contributed by atoms with Gasteiger partial charge in [-0.25, -0.2) is 0 Å². The molecule has 2 heteroatoms. The van der Waals surface area contributed by atoms with E-state index in [0.29, 0.717) is 0 Å². The third-order valence-corrected chi connectivity index (χ3v) is 4.31. The largest absolute Gasteiger partial charge is 0.384 e. The standard InChI is InChI=1S/C16H24N2/c1-2-6-15(5-1)17-10-3-4-13-7-8-16-14(12-13)9-11-18-16/h7-8,12,15,17-18H,1-6,9-11H2. The van der Waals surface area contributed by atoms with Crippen LogP contribution in [0.2, 0.25) is 0 Å². The fourth-order valence-electron chi connectivity index (χ4n) is 3.24. The van der Waals surface area contributed by atoms with Crippen molar-refractivity contribution in [1.82, 2.24) is 5.32 Å². The molecule has 3 rings (SSSR count). The van der Waals surface area contributed by atoms with Crippen LogP contribution in [0.25, 0.3) is 0 Å². The number of benzene rings is 1. The quantitative estimate of drug-likeness (QED) is 0.778. The zero-order valence-corrected chi connectivity index (χ0v) is 11.2. The van der Waals surface area contributed by atoms with Gasteiger partial charge in [0.05, 0.1) is 0 Å². The summed E-state index contributed by atoms with van der Waals surface area (Å²) in [7, 11) is 0. The van der Waals surface area contributed by atoms with E-state index in [9.17, 15) is 0 Å². The molecule has 1 aliphatic carbocycles. The number of fused-ring (bicyclic) bond motifs is 1. The molecule has 0 spiro atoms. The molecule has 2 N–H and O–H groups in total. The Labute approximate surface area is 110 Å². The molecule has 2 nitrogen and oxygen atoms in total. The minimum Gasteiger partial charge on any atom is -0.384 e. The van der Waals surface area contributed by atoms with Crippen molar-refractivity contribution in [2.75, 3.05) is 18.4 Å². The molecule has 1 aromatic rings. The van der Waals surface area contributed by atoms with E-state index >= 15 is 0 Å². The van der Waals surface area contributed by atoms with Gasteiger partial charge in [-0.2, -0.15) is 0 Å². The van der Waals surface area contributed by atoms with E-state index in [0.717, 1.165) is 12.6 Å². The zero-order valence-electron chi connectivity index (χ0n) is 11.2. The number of anilines is 1. The first-order valence-electron chi connectivity index (χ1n) is 7.51. The highest BCUT2D eigenvalue weighted by Crippen LogP contribution is 2.23. The molecule has 0 radical (unpaired) electrons. The molecule has 1 fully saturated rings. The van der Waals surface area contributed by atoms with Crippen LogP contribution in [0.4, 0.5) is 5.69 Å². The van der Waals surface area contributed by atoms with Gasteiger partial charge in [-0.1, -0.05) is 25.0 Å². The van der Waals surface area contributed by atoms with Crippen molar-refractivity contribution in [3.63, 3.8) is 0 Å². The van der Waals surface area contributed by atoms with Gasteiger partial charge in [0.25, 0.3) is 0 Å². The monoisotopic (exact) mass is 244 g/mol. The van der Waals surface area contributed by atoms with E-state index in [4.69, 9.17) is 0 Å². The predicted octanol–water partition coefficient (Wildman–Crippen LogP) is 3.12. The van der Waals surface area contributed by atoms with Crippen LogP contribution < -0.4 is 10.6 Å². The molecule has 98 valence electrons. The van der Waals surface area contributed by atoms with Crippen LogP contribution >= 0.6 is 0 Å². The lowest BCUT2D eigenvalue weighted by Gasteiger charge is -2.11. The molecule has 2 aliphatic rings. The second kappa shape index (κ2) is 5.75. The molecule has 1 heterocycles. The maximum atomic E-state index is 3.69. The molecule has 0 aromatic heterocycles. The third-order valence-electron chi connectivity index (χ3n) is 4.31. The molecule has 18 heavy (non-hydrogen) atoms. The minimum absolute atomic E-state index is 0.814. The Balaban J connectivity index is 1.42. The SMILES string of the molecule is c1cc2c(cc1CCCNC1CCCC1)CCN2. The van der Waals surface area contributed by atoms with Crippen LogP contribution in [0, 0.1) is 0 Å². The second-order valence-electron chi connectivity index (χ2n) is 5.71. The van der Waals surface area contributed by atoms with E-state index < -0.39 is 0 Å². The van der Waals surface area contributed by atoms with Crippen LogP contribution in [0.15, 0.2) is 18.2 Å². The number of rotatable bonds is 5. The van der Waals surface area contributed by atoms with E-state index in [1.165, 1.54) is 68.3 Å². The number of nitrogens with one attached hydrogen (secondary N) is 2. The molecular weight excluding hydrogens is 220 g/mol. The predicted molar refractivity (Wildman–Crippen MR) is 77.2 cm³/mol. The second-order valence-corrected chi connectivity index (χ2v) is 5.71. The minimum atomic E-state index is 0.814. The summed E-state index contributed by atoms with van der Waals surface area (Å²) in [6.45, 7) is 2.29. The molecule has 0 unspecified atom stereocenters. The topological polar surface area (TPSA) is 24.1 Å². The van der Waals surface area contributed by atoms with E-state index in [1.807, 2.05) is 0 Å². The van der Waals surface area contributed by atoms with Gasteiger partial charge in [0, 0.05) is 18.3 Å². The summed E-state index contributed by atoms with van der Waals surface area (Å²) < 4.78 is 0. The summed E-state index contributed by atoms with van der Waals surface area (Å²) in [4.78, 5) is 0. The lowest BCUT2D eigenvalue weighted by molar-refractivity contribution is 0.515. The molecule has 0 bridgehead atoms. The van der Waals surface area contributed by atoms with Gasteiger partial charge < -0.3 is 10.6 Å². The Morgan fingerprint density at radius 3 is 3.00 bits per heavy atom. The van der Waals surface area contributed by atoms with Gasteiger partial charge in [-0.05, 0) is 55.8 Å². The van der Waals surface area contributed by atoms with Gasteiger partial charge in [-0.3, -0.25) is 0 Å². The summed E-state index contributed by atoms with van der Waals surface area (Å²) in [6.07, 6.45) is 9.32. The molecule has 1 aliphatic heterocycles. The Morgan fingerprint density at radius 2 is 2.11 bits per heavy atom. The first kappa shape index (κ1) is 12.0. The van der Waals surface area contributed by atoms with E-state index in [-0.39, 0.29) is 0 Å². The zero-order chi connectivity index (χ0) is 12.2. The van der Waals surface area contributed by atoms with Crippen molar-refractivity contribution in [3.8, 4) is 0 Å². The van der Waals surface area contributed by atoms with Crippen molar-refractivity contribution in [2.24, 2.45) is 0 Å². The van der Waals surface area contributed by atoms with Crippen molar-refractivity contribution in [3.05, 3.63) is 29.3 Å². The van der Waals surface area contributed by atoms with Crippen LogP contribution in [0.3, 0.4) is 0 Å². The van der Waals surface area contributed by atoms with Crippen LogP contribution in [-0.2, 0) is 12.8 Å². The molecule has 1 saturated carbocycles. The summed E-state index contributed by atoms with van der Waals surface area (Å²) >= 11 is 0. The van der Waals surface area contributed by atoms with Crippen molar-refractivity contribution >= 4 is 5.69 Å². The van der Waals surface area contributed by atoms with Crippen molar-refractivity contribution in [2.45, 2.75) is 51.0 Å². The number of hydrogen-bond acceptors (Lipinski definition) is 2. The average molecular weight is 244 g/mol. The average Bonchev–Trinajstić information content (AvgIpc) is 3.05. The third kappa shape index (κ3) is 2.86.